The van der Waals surface area contributed by atoms with E-state index in [-0.39, 0.29) is 11.2 Å². The number of H-pyrrole nitrogens is 1. The third-order valence-electron chi connectivity index (χ3n) is 1.95. The Kier molecular flexibility index (Phi) is 1.59. The number of aromatic hydroxyl groups is 1. The largest absolute Gasteiger partial charge is 0.508 e. The second kappa shape index (κ2) is 2.62. The van der Waals surface area contributed by atoms with Gasteiger partial charge in [-0.1, -0.05) is 0 Å². The van der Waals surface area contributed by atoms with Crippen LogP contribution in [-0.4, -0.2) is 10.1 Å². The summed E-state index contributed by atoms with van der Waals surface area (Å²) in [6.45, 7) is 1.81. The van der Waals surface area contributed by atoms with E-state index in [0.717, 1.165) is 5.69 Å². The molecular formula is C10H9NO2. The van der Waals surface area contributed by atoms with E-state index >= 15 is 0 Å². The monoisotopic (exact) mass is 175 g/mol. The quantitative estimate of drug-likeness (QED) is 0.638. The number of phenolic OH excluding ortho intramolecular Hbond substituents is 1. The maximum absolute atomic E-state index is 11.4. The lowest BCUT2D eigenvalue weighted by atomic mass is 10.2. The van der Waals surface area contributed by atoms with Gasteiger partial charge in [-0.15, -0.1) is 0 Å². The lowest BCUT2D eigenvalue weighted by molar-refractivity contribution is 0.476. The molecule has 0 saturated heterocycles. The molecule has 2 N–H and O–H groups in total. The van der Waals surface area contributed by atoms with Crippen molar-refractivity contribution in [2.45, 2.75) is 6.92 Å². The van der Waals surface area contributed by atoms with Crippen LogP contribution in [-0.2, 0) is 0 Å². The summed E-state index contributed by atoms with van der Waals surface area (Å²) in [5.41, 5.74) is 1.44. The van der Waals surface area contributed by atoms with Gasteiger partial charge in [0.2, 0.25) is 0 Å². The molecule has 0 spiro atoms. The van der Waals surface area contributed by atoms with Crippen molar-refractivity contribution in [1.29, 1.82) is 0 Å². The number of aryl methyl sites for hydroxylation is 1. The van der Waals surface area contributed by atoms with Crippen LogP contribution in [0.25, 0.3) is 10.9 Å². The van der Waals surface area contributed by atoms with Gasteiger partial charge in [0.15, 0.2) is 5.43 Å². The molecule has 0 atom stereocenters. The number of aromatic amines is 1. The minimum absolute atomic E-state index is 0.0220. The Bertz CT molecular complexity index is 509. The van der Waals surface area contributed by atoms with Gasteiger partial charge in [0.05, 0.1) is 5.52 Å². The fraction of sp³-hybridized carbons (Fsp3) is 0.100. The zero-order chi connectivity index (χ0) is 9.42. The second-order valence-corrected chi connectivity index (χ2v) is 3.05. The summed E-state index contributed by atoms with van der Waals surface area (Å²) in [4.78, 5) is 14.4. The van der Waals surface area contributed by atoms with Crippen LogP contribution < -0.4 is 5.43 Å². The zero-order valence-corrected chi connectivity index (χ0v) is 7.16. The first kappa shape index (κ1) is 7.86. The lowest BCUT2D eigenvalue weighted by Gasteiger charge is -1.99. The summed E-state index contributed by atoms with van der Waals surface area (Å²) < 4.78 is 0. The normalized spacial score (nSPS) is 10.5. The highest BCUT2D eigenvalue weighted by atomic mass is 16.3. The van der Waals surface area contributed by atoms with Gasteiger partial charge < -0.3 is 10.1 Å². The van der Waals surface area contributed by atoms with Gasteiger partial charge in [-0.05, 0) is 19.1 Å². The van der Waals surface area contributed by atoms with Crippen molar-refractivity contribution in [2.75, 3.05) is 0 Å². The zero-order valence-electron chi connectivity index (χ0n) is 7.16. The molecule has 0 radical (unpaired) electrons. The molecule has 2 rings (SSSR count). The van der Waals surface area contributed by atoms with Crippen molar-refractivity contribution in [2.24, 2.45) is 0 Å². The van der Waals surface area contributed by atoms with Gasteiger partial charge in [0.1, 0.15) is 5.75 Å². The van der Waals surface area contributed by atoms with E-state index in [9.17, 15) is 9.90 Å². The first-order valence-electron chi connectivity index (χ1n) is 3.99. The van der Waals surface area contributed by atoms with Crippen molar-refractivity contribution in [3.63, 3.8) is 0 Å². The number of rotatable bonds is 0. The van der Waals surface area contributed by atoms with Gasteiger partial charge in [-0.3, -0.25) is 4.79 Å². The molecule has 0 unspecified atom stereocenters. The van der Waals surface area contributed by atoms with Crippen LogP contribution in [0.4, 0.5) is 0 Å². The van der Waals surface area contributed by atoms with E-state index in [1.807, 2.05) is 6.92 Å². The minimum Gasteiger partial charge on any atom is -0.508 e. The summed E-state index contributed by atoms with van der Waals surface area (Å²) in [5, 5.41) is 9.79. The minimum atomic E-state index is -0.0220. The molecule has 0 aliphatic heterocycles. The number of fused-ring (bicyclic) bond motifs is 1. The standard InChI is InChI=1S/C10H9NO2/c1-6-4-10(13)8-3-2-7(12)5-9(8)11-6/h2-5,12H,1H3,(H,11,13). The van der Waals surface area contributed by atoms with Crippen LogP contribution in [0.15, 0.2) is 29.1 Å². The summed E-state index contributed by atoms with van der Waals surface area (Å²) in [5.74, 6) is 0.161. The fourth-order valence-corrected chi connectivity index (χ4v) is 1.37. The van der Waals surface area contributed by atoms with Crippen molar-refractivity contribution >= 4 is 10.9 Å². The van der Waals surface area contributed by atoms with E-state index in [2.05, 4.69) is 4.98 Å². The van der Waals surface area contributed by atoms with Crippen LogP contribution in [0.2, 0.25) is 0 Å². The highest BCUT2D eigenvalue weighted by Gasteiger charge is 1.99. The molecule has 66 valence electrons. The van der Waals surface area contributed by atoms with Gasteiger partial charge in [0.25, 0.3) is 0 Å². The van der Waals surface area contributed by atoms with E-state index in [0.29, 0.717) is 10.9 Å². The lowest BCUT2D eigenvalue weighted by Crippen LogP contribution is -2.02. The van der Waals surface area contributed by atoms with Crippen LogP contribution in [0.1, 0.15) is 5.69 Å². The number of aromatic nitrogens is 1. The molecule has 0 aliphatic rings. The highest BCUT2D eigenvalue weighted by molar-refractivity contribution is 5.79. The molecule has 2 aromatic rings. The summed E-state index contributed by atoms with van der Waals surface area (Å²) in [6, 6.07) is 6.21. The molecule has 1 aromatic carbocycles. The van der Waals surface area contributed by atoms with Crippen LogP contribution in [0.3, 0.4) is 0 Å². The SMILES string of the molecule is Cc1cc(=O)c2ccc(O)cc2[nH]1. The number of hydrogen-bond donors (Lipinski definition) is 2. The molecule has 13 heavy (non-hydrogen) atoms. The van der Waals surface area contributed by atoms with Crippen LogP contribution in [0.5, 0.6) is 5.75 Å². The fourth-order valence-electron chi connectivity index (χ4n) is 1.37. The Labute approximate surface area is 74.7 Å². The average molecular weight is 175 g/mol. The number of hydrogen-bond acceptors (Lipinski definition) is 2. The average Bonchev–Trinajstić information content (AvgIpc) is 2.02. The van der Waals surface area contributed by atoms with Crippen LogP contribution in [0, 0.1) is 6.92 Å². The Morgan fingerprint density at radius 1 is 1.31 bits per heavy atom. The number of benzene rings is 1. The van der Waals surface area contributed by atoms with Crippen molar-refractivity contribution in [3.05, 3.63) is 40.2 Å². The van der Waals surface area contributed by atoms with Gasteiger partial charge in [-0.2, -0.15) is 0 Å². The first-order chi connectivity index (χ1) is 6.16. The molecule has 1 heterocycles. The maximum atomic E-state index is 11.4. The Balaban J connectivity index is 2.95. The van der Waals surface area contributed by atoms with Gasteiger partial charge in [-0.25, -0.2) is 0 Å². The molecule has 3 heteroatoms. The van der Waals surface area contributed by atoms with E-state index < -0.39 is 0 Å². The Morgan fingerprint density at radius 3 is 2.85 bits per heavy atom. The topological polar surface area (TPSA) is 53.1 Å². The predicted molar refractivity (Wildman–Crippen MR) is 51.0 cm³/mol. The summed E-state index contributed by atoms with van der Waals surface area (Å²) >= 11 is 0. The smallest absolute Gasteiger partial charge is 0.189 e. The number of pyridine rings is 1. The molecule has 0 amide bonds. The highest BCUT2D eigenvalue weighted by Crippen LogP contribution is 2.15. The molecule has 0 bridgehead atoms. The van der Waals surface area contributed by atoms with Crippen molar-refractivity contribution < 1.29 is 5.11 Å². The number of phenols is 1. The molecule has 0 aliphatic carbocycles. The molecule has 0 saturated carbocycles. The van der Waals surface area contributed by atoms with Crippen LogP contribution >= 0.6 is 0 Å². The maximum Gasteiger partial charge on any atom is 0.189 e. The van der Waals surface area contributed by atoms with Crippen molar-refractivity contribution in [1.82, 2.24) is 4.98 Å². The first-order valence-corrected chi connectivity index (χ1v) is 3.99. The van der Waals surface area contributed by atoms with E-state index in [1.54, 1.807) is 18.2 Å². The number of nitrogens with one attached hydrogen (secondary N) is 1. The summed E-state index contributed by atoms with van der Waals surface area (Å²) in [6.07, 6.45) is 0. The third kappa shape index (κ3) is 1.28. The third-order valence-corrected chi connectivity index (χ3v) is 1.95. The summed E-state index contributed by atoms with van der Waals surface area (Å²) in [7, 11) is 0. The molecule has 0 fully saturated rings. The van der Waals surface area contributed by atoms with E-state index in [1.165, 1.54) is 6.07 Å². The molecule has 3 nitrogen and oxygen atoms in total. The van der Waals surface area contributed by atoms with Gasteiger partial charge in [0, 0.05) is 23.2 Å². The second-order valence-electron chi connectivity index (χ2n) is 3.05. The Hall–Kier alpha value is -1.77. The molecule has 1 aromatic heterocycles. The Morgan fingerprint density at radius 2 is 2.08 bits per heavy atom. The predicted octanol–water partition coefficient (Wildman–Crippen LogP) is 1.54. The van der Waals surface area contributed by atoms with E-state index in [4.69, 9.17) is 0 Å². The molecular weight excluding hydrogens is 166 g/mol. The van der Waals surface area contributed by atoms with Gasteiger partial charge >= 0.3 is 0 Å². The van der Waals surface area contributed by atoms with Crippen molar-refractivity contribution in [3.8, 4) is 5.75 Å².